The minimum atomic E-state index is -0.582. The van der Waals surface area contributed by atoms with Crippen molar-refractivity contribution in [3.63, 3.8) is 0 Å². The Morgan fingerprint density at radius 3 is 2.62 bits per heavy atom. The number of rotatable bonds is 9. The van der Waals surface area contributed by atoms with Crippen LogP contribution in [0.3, 0.4) is 0 Å². The minimum absolute atomic E-state index is 0.00579. The summed E-state index contributed by atoms with van der Waals surface area (Å²) in [5.74, 6) is -1.33. The third-order valence-electron chi connectivity index (χ3n) is 3.06. The maximum Gasteiger partial charge on any atom is 0.234 e. The molecule has 1 amide bonds. The Bertz CT molecular complexity index is 435. The average Bonchev–Trinajstić information content (AvgIpc) is 2.42. The van der Waals surface area contributed by atoms with Crippen LogP contribution < -0.4 is 5.32 Å². The van der Waals surface area contributed by atoms with Crippen molar-refractivity contribution in [2.24, 2.45) is 0 Å². The number of likely N-dealkylation sites (N-methyl/N-ethyl adjacent to an activating group) is 1. The highest BCUT2D eigenvalue weighted by Crippen LogP contribution is 2.11. The molecule has 0 aliphatic carbocycles. The number of halogens is 2. The number of carbonyl (C=O) groups is 1. The van der Waals surface area contributed by atoms with Crippen molar-refractivity contribution in [3.8, 4) is 0 Å². The van der Waals surface area contributed by atoms with Crippen LogP contribution in [0.2, 0.25) is 0 Å². The van der Waals surface area contributed by atoms with Crippen molar-refractivity contribution in [1.82, 2.24) is 10.2 Å². The number of amides is 1. The lowest BCUT2D eigenvalue weighted by Gasteiger charge is -2.16. The van der Waals surface area contributed by atoms with Gasteiger partial charge in [-0.1, -0.05) is 6.07 Å². The topological polar surface area (TPSA) is 41.6 Å². The summed E-state index contributed by atoms with van der Waals surface area (Å²) in [6.07, 6.45) is 0.984. The lowest BCUT2D eigenvalue weighted by atomic mass is 10.1. The van der Waals surface area contributed by atoms with E-state index in [1.54, 1.807) is 7.11 Å². The Labute approximate surface area is 124 Å². The van der Waals surface area contributed by atoms with E-state index >= 15 is 0 Å². The highest BCUT2D eigenvalue weighted by molar-refractivity contribution is 5.77. The Morgan fingerprint density at radius 1 is 1.33 bits per heavy atom. The molecule has 1 aromatic rings. The lowest BCUT2D eigenvalue weighted by molar-refractivity contribution is -0.121. The van der Waals surface area contributed by atoms with E-state index in [9.17, 15) is 13.6 Å². The molecule has 0 fully saturated rings. The van der Waals surface area contributed by atoms with Crippen molar-refractivity contribution in [2.45, 2.75) is 12.8 Å². The van der Waals surface area contributed by atoms with Crippen LogP contribution in [0.1, 0.15) is 12.0 Å². The van der Waals surface area contributed by atoms with Gasteiger partial charge in [0.15, 0.2) is 0 Å². The molecule has 0 bridgehead atoms. The van der Waals surface area contributed by atoms with Crippen molar-refractivity contribution < 1.29 is 18.3 Å². The van der Waals surface area contributed by atoms with Gasteiger partial charge in [-0.3, -0.25) is 9.69 Å². The second kappa shape index (κ2) is 9.41. The van der Waals surface area contributed by atoms with Gasteiger partial charge in [0.2, 0.25) is 5.91 Å². The monoisotopic (exact) mass is 300 g/mol. The maximum atomic E-state index is 13.4. The highest BCUT2D eigenvalue weighted by atomic mass is 19.1. The van der Waals surface area contributed by atoms with Gasteiger partial charge in [-0.25, -0.2) is 8.78 Å². The summed E-state index contributed by atoms with van der Waals surface area (Å²) in [7, 11) is 3.47. The SMILES string of the molecule is COCCCN(C)CC(=O)NCCc1c(F)cccc1F. The van der Waals surface area contributed by atoms with E-state index in [1.807, 2.05) is 11.9 Å². The molecule has 1 rings (SSSR count). The Hall–Kier alpha value is -1.53. The first-order valence-electron chi connectivity index (χ1n) is 6.91. The van der Waals surface area contributed by atoms with E-state index < -0.39 is 11.6 Å². The number of hydrogen-bond acceptors (Lipinski definition) is 3. The molecule has 0 atom stereocenters. The number of hydrogen-bond donors (Lipinski definition) is 1. The van der Waals surface area contributed by atoms with Crippen LogP contribution in [0.15, 0.2) is 18.2 Å². The molecule has 1 N–H and O–H groups in total. The predicted octanol–water partition coefficient (Wildman–Crippen LogP) is 1.59. The molecular formula is C15H22F2N2O2. The zero-order valence-electron chi connectivity index (χ0n) is 12.5. The first kappa shape index (κ1) is 17.5. The predicted molar refractivity (Wildman–Crippen MR) is 77.1 cm³/mol. The minimum Gasteiger partial charge on any atom is -0.385 e. The van der Waals surface area contributed by atoms with Crippen LogP contribution in [0, 0.1) is 11.6 Å². The molecule has 0 aliphatic rings. The quantitative estimate of drug-likeness (QED) is 0.704. The van der Waals surface area contributed by atoms with E-state index in [2.05, 4.69) is 5.32 Å². The molecule has 0 heterocycles. The van der Waals surface area contributed by atoms with Crippen LogP contribution in [0.5, 0.6) is 0 Å². The molecule has 4 nitrogen and oxygen atoms in total. The Morgan fingerprint density at radius 2 is 2.00 bits per heavy atom. The average molecular weight is 300 g/mol. The van der Waals surface area contributed by atoms with Gasteiger partial charge in [0.05, 0.1) is 6.54 Å². The molecule has 1 aromatic carbocycles. The number of methoxy groups -OCH3 is 1. The van der Waals surface area contributed by atoms with Crippen molar-refractivity contribution in [2.75, 3.05) is 40.4 Å². The summed E-state index contributed by atoms with van der Waals surface area (Å²) in [4.78, 5) is 13.5. The van der Waals surface area contributed by atoms with Gasteiger partial charge < -0.3 is 10.1 Å². The van der Waals surface area contributed by atoms with Gasteiger partial charge in [0, 0.05) is 32.4 Å². The van der Waals surface area contributed by atoms with Crippen LogP contribution in [-0.4, -0.2) is 51.2 Å². The van der Waals surface area contributed by atoms with Crippen molar-refractivity contribution in [1.29, 1.82) is 0 Å². The van der Waals surface area contributed by atoms with E-state index in [0.717, 1.165) is 13.0 Å². The second-order valence-electron chi connectivity index (χ2n) is 4.88. The van der Waals surface area contributed by atoms with E-state index in [0.29, 0.717) is 6.61 Å². The molecule has 0 radical (unpaired) electrons. The van der Waals surface area contributed by atoms with Gasteiger partial charge in [0.25, 0.3) is 0 Å². The molecule has 21 heavy (non-hydrogen) atoms. The first-order valence-corrected chi connectivity index (χ1v) is 6.91. The second-order valence-corrected chi connectivity index (χ2v) is 4.88. The van der Waals surface area contributed by atoms with Crippen molar-refractivity contribution in [3.05, 3.63) is 35.4 Å². The number of carbonyl (C=O) groups excluding carboxylic acids is 1. The molecule has 0 spiro atoms. The van der Waals surface area contributed by atoms with Crippen LogP contribution >= 0.6 is 0 Å². The fourth-order valence-corrected chi connectivity index (χ4v) is 1.96. The molecule has 6 heteroatoms. The standard InChI is InChI=1S/C15H22F2N2O2/c1-19(9-4-10-21-2)11-15(20)18-8-7-12-13(16)5-3-6-14(12)17/h3,5-6H,4,7-11H2,1-2H3,(H,18,20). The Kier molecular flexibility index (Phi) is 7.85. The number of nitrogens with one attached hydrogen (secondary N) is 1. The van der Waals surface area contributed by atoms with Gasteiger partial charge in [-0.15, -0.1) is 0 Å². The highest BCUT2D eigenvalue weighted by Gasteiger charge is 2.09. The smallest absolute Gasteiger partial charge is 0.234 e. The zero-order chi connectivity index (χ0) is 15.7. The van der Waals surface area contributed by atoms with Gasteiger partial charge in [0.1, 0.15) is 11.6 Å². The Balaban J connectivity index is 2.27. The molecule has 0 unspecified atom stereocenters. The number of ether oxygens (including phenoxy) is 1. The molecule has 118 valence electrons. The van der Waals surface area contributed by atoms with Gasteiger partial charge in [-0.2, -0.15) is 0 Å². The molecule has 0 aliphatic heterocycles. The molecule has 0 saturated heterocycles. The fourth-order valence-electron chi connectivity index (χ4n) is 1.96. The molecule has 0 saturated carbocycles. The van der Waals surface area contributed by atoms with Crippen LogP contribution in [-0.2, 0) is 16.0 Å². The molecular weight excluding hydrogens is 278 g/mol. The zero-order valence-corrected chi connectivity index (χ0v) is 12.5. The van der Waals surface area contributed by atoms with E-state index in [-0.39, 0.29) is 31.0 Å². The maximum absolute atomic E-state index is 13.4. The first-order chi connectivity index (χ1) is 10.0. The largest absolute Gasteiger partial charge is 0.385 e. The van der Waals surface area contributed by atoms with E-state index in [4.69, 9.17) is 4.74 Å². The third-order valence-corrected chi connectivity index (χ3v) is 3.06. The number of nitrogens with zero attached hydrogens (tertiary/aromatic N) is 1. The van der Waals surface area contributed by atoms with Crippen LogP contribution in [0.4, 0.5) is 8.78 Å². The summed E-state index contributed by atoms with van der Waals surface area (Å²) >= 11 is 0. The van der Waals surface area contributed by atoms with Gasteiger partial charge in [-0.05, 0) is 32.0 Å². The third kappa shape index (κ3) is 6.64. The van der Waals surface area contributed by atoms with Crippen LogP contribution in [0.25, 0.3) is 0 Å². The lowest BCUT2D eigenvalue weighted by Crippen LogP contribution is -2.36. The summed E-state index contributed by atoms with van der Waals surface area (Å²) in [6.45, 7) is 1.87. The normalized spacial score (nSPS) is 10.9. The van der Waals surface area contributed by atoms with Crippen molar-refractivity contribution >= 4 is 5.91 Å². The van der Waals surface area contributed by atoms with E-state index in [1.165, 1.54) is 18.2 Å². The number of benzene rings is 1. The van der Waals surface area contributed by atoms with Gasteiger partial charge >= 0.3 is 0 Å². The summed E-state index contributed by atoms with van der Waals surface area (Å²) in [5.41, 5.74) is 0.00579. The summed E-state index contributed by atoms with van der Waals surface area (Å²) in [6, 6.07) is 3.75. The summed E-state index contributed by atoms with van der Waals surface area (Å²) in [5, 5.41) is 2.66. The summed E-state index contributed by atoms with van der Waals surface area (Å²) < 4.78 is 31.7. The fraction of sp³-hybridized carbons (Fsp3) is 0.533. The molecule has 0 aromatic heterocycles.